The highest BCUT2D eigenvalue weighted by atomic mass is 32.1. The van der Waals surface area contributed by atoms with E-state index in [-0.39, 0.29) is 11.8 Å². The number of amides is 2. The van der Waals surface area contributed by atoms with Crippen molar-refractivity contribution in [2.75, 3.05) is 19.6 Å². The Morgan fingerprint density at radius 3 is 2.57 bits per heavy atom. The van der Waals surface area contributed by atoms with Crippen LogP contribution in [0.3, 0.4) is 0 Å². The fraction of sp³-hybridized carbons (Fsp3) is 0.520. The molecule has 5 rings (SSSR count). The number of nitrogens with one attached hydrogen (secondary N) is 1. The van der Waals surface area contributed by atoms with Crippen molar-refractivity contribution in [1.82, 2.24) is 10.2 Å². The molecular weight excluding hydrogens is 392 g/mol. The summed E-state index contributed by atoms with van der Waals surface area (Å²) in [6.45, 7) is 3.84. The van der Waals surface area contributed by atoms with Crippen molar-refractivity contribution in [3.8, 4) is 10.4 Å². The number of carbonyl (C=O) groups excluding carboxylic acids is 2. The molecule has 1 saturated heterocycles. The Labute approximate surface area is 182 Å². The van der Waals surface area contributed by atoms with Crippen molar-refractivity contribution >= 4 is 23.2 Å². The number of nitrogens with zero attached hydrogens (tertiary/aromatic N) is 1. The zero-order valence-electron chi connectivity index (χ0n) is 17.7. The molecule has 0 bridgehead atoms. The van der Waals surface area contributed by atoms with Gasteiger partial charge in [-0.05, 0) is 67.0 Å². The van der Waals surface area contributed by atoms with Crippen LogP contribution in [0.4, 0.5) is 0 Å². The molecule has 1 N–H and O–H groups in total. The Morgan fingerprint density at radius 2 is 1.97 bits per heavy atom. The summed E-state index contributed by atoms with van der Waals surface area (Å²) in [6.07, 6.45) is 6.21. The molecule has 1 aromatic carbocycles. The third-order valence-electron chi connectivity index (χ3n) is 7.62. The van der Waals surface area contributed by atoms with E-state index in [1.807, 2.05) is 11.8 Å². The molecule has 3 fully saturated rings. The zero-order chi connectivity index (χ0) is 20.8. The molecule has 4 nitrogen and oxygen atoms in total. The minimum Gasteiger partial charge on any atom is -0.356 e. The summed E-state index contributed by atoms with van der Waals surface area (Å²) >= 11 is 1.74. The minimum atomic E-state index is -0.516. The SMILES string of the molecule is CCNC(=O)[C@]1(Cc2ccc(-c3cccs3)cc2)CCN(C(=O)[C@@H]2CC23CCC3)C1. The second-order valence-corrected chi connectivity index (χ2v) is 10.4. The van der Waals surface area contributed by atoms with Gasteiger partial charge in [0.2, 0.25) is 11.8 Å². The van der Waals surface area contributed by atoms with E-state index < -0.39 is 5.41 Å². The van der Waals surface area contributed by atoms with Crippen LogP contribution in [0.5, 0.6) is 0 Å². The number of hydrogen-bond acceptors (Lipinski definition) is 3. The summed E-state index contributed by atoms with van der Waals surface area (Å²) in [6, 6.07) is 12.8. The molecule has 0 radical (unpaired) electrons. The molecule has 1 spiro atoms. The van der Waals surface area contributed by atoms with Gasteiger partial charge in [-0.1, -0.05) is 36.8 Å². The first-order valence-corrected chi connectivity index (χ1v) is 12.1. The van der Waals surface area contributed by atoms with Gasteiger partial charge in [0, 0.05) is 30.4 Å². The fourth-order valence-corrected chi connectivity index (χ4v) is 6.27. The summed E-state index contributed by atoms with van der Waals surface area (Å²) in [5, 5.41) is 5.14. The molecule has 2 amide bonds. The predicted molar refractivity (Wildman–Crippen MR) is 120 cm³/mol. The number of benzene rings is 1. The molecule has 2 heterocycles. The van der Waals surface area contributed by atoms with Crippen molar-refractivity contribution in [2.45, 2.75) is 45.4 Å². The summed E-state index contributed by atoms with van der Waals surface area (Å²) in [5.41, 5.74) is 2.20. The van der Waals surface area contributed by atoms with Gasteiger partial charge >= 0.3 is 0 Å². The number of hydrogen-bond donors (Lipinski definition) is 1. The van der Waals surface area contributed by atoms with Gasteiger partial charge in [-0.2, -0.15) is 0 Å². The number of likely N-dealkylation sites (tertiary alicyclic amines) is 1. The van der Waals surface area contributed by atoms with E-state index in [1.54, 1.807) is 11.3 Å². The van der Waals surface area contributed by atoms with E-state index in [0.29, 0.717) is 37.4 Å². The quantitative estimate of drug-likeness (QED) is 0.745. The highest BCUT2D eigenvalue weighted by Crippen LogP contribution is 2.66. The van der Waals surface area contributed by atoms with Crippen LogP contribution in [0.1, 0.15) is 44.6 Å². The van der Waals surface area contributed by atoms with E-state index in [2.05, 4.69) is 47.1 Å². The predicted octanol–water partition coefficient (Wildman–Crippen LogP) is 4.50. The van der Waals surface area contributed by atoms with Crippen LogP contribution < -0.4 is 5.32 Å². The topological polar surface area (TPSA) is 49.4 Å². The first-order valence-electron chi connectivity index (χ1n) is 11.3. The Balaban J connectivity index is 1.32. The van der Waals surface area contributed by atoms with Gasteiger partial charge in [0.1, 0.15) is 0 Å². The summed E-state index contributed by atoms with van der Waals surface area (Å²) < 4.78 is 0. The van der Waals surface area contributed by atoms with E-state index in [9.17, 15) is 9.59 Å². The summed E-state index contributed by atoms with van der Waals surface area (Å²) in [5.74, 6) is 0.618. The Kier molecular flexibility index (Phi) is 4.97. The third-order valence-corrected chi connectivity index (χ3v) is 8.54. The standard InChI is InChI=1S/C25H30N2O2S/c1-2-26-23(29)25(15-18-6-8-19(9-7-18)21-5-3-14-30-21)12-13-27(17-25)22(28)20-16-24(20)10-4-11-24/h3,5-9,14,20H,2,4,10-13,15-17H2,1H3,(H,26,29)/t20-,25-/m0/s1. The molecule has 30 heavy (non-hydrogen) atoms. The van der Waals surface area contributed by atoms with Crippen molar-refractivity contribution in [1.29, 1.82) is 0 Å². The van der Waals surface area contributed by atoms with Crippen molar-refractivity contribution in [3.05, 3.63) is 47.3 Å². The van der Waals surface area contributed by atoms with Crippen LogP contribution in [0.15, 0.2) is 41.8 Å². The summed E-state index contributed by atoms with van der Waals surface area (Å²) in [7, 11) is 0. The second kappa shape index (κ2) is 7.52. The Hall–Kier alpha value is -2.14. The van der Waals surface area contributed by atoms with Crippen LogP contribution in [0.2, 0.25) is 0 Å². The highest BCUT2D eigenvalue weighted by molar-refractivity contribution is 7.13. The molecule has 2 aromatic rings. The smallest absolute Gasteiger partial charge is 0.228 e. The van der Waals surface area contributed by atoms with Crippen LogP contribution in [-0.4, -0.2) is 36.3 Å². The Bertz CT molecular complexity index is 933. The van der Waals surface area contributed by atoms with Gasteiger partial charge in [-0.15, -0.1) is 11.3 Å². The highest BCUT2D eigenvalue weighted by Gasteiger charge is 2.62. The fourth-order valence-electron chi connectivity index (χ4n) is 5.54. The molecule has 5 heteroatoms. The van der Waals surface area contributed by atoms with Crippen LogP contribution in [0, 0.1) is 16.7 Å². The van der Waals surface area contributed by atoms with Gasteiger partial charge < -0.3 is 10.2 Å². The van der Waals surface area contributed by atoms with E-state index in [4.69, 9.17) is 0 Å². The van der Waals surface area contributed by atoms with Crippen LogP contribution in [0.25, 0.3) is 10.4 Å². The first kappa shape index (κ1) is 19.8. The maximum absolute atomic E-state index is 13.1. The molecule has 2 aliphatic carbocycles. The van der Waals surface area contributed by atoms with Crippen LogP contribution >= 0.6 is 11.3 Å². The third kappa shape index (κ3) is 3.37. The average Bonchev–Trinajstić information content (AvgIpc) is 3.06. The number of thiophene rings is 1. The van der Waals surface area contributed by atoms with E-state index >= 15 is 0 Å². The van der Waals surface area contributed by atoms with E-state index in [1.165, 1.54) is 29.7 Å². The molecule has 1 aliphatic heterocycles. The van der Waals surface area contributed by atoms with Gasteiger partial charge in [-0.25, -0.2) is 0 Å². The minimum absolute atomic E-state index is 0.0942. The molecule has 1 aromatic heterocycles. The average molecular weight is 423 g/mol. The molecule has 0 unspecified atom stereocenters. The van der Waals surface area contributed by atoms with Gasteiger partial charge in [-0.3, -0.25) is 9.59 Å². The molecular formula is C25H30N2O2S. The number of carbonyl (C=O) groups is 2. The van der Waals surface area contributed by atoms with E-state index in [0.717, 1.165) is 18.4 Å². The van der Waals surface area contributed by atoms with Gasteiger partial charge in [0.25, 0.3) is 0 Å². The first-order chi connectivity index (χ1) is 14.6. The van der Waals surface area contributed by atoms with Gasteiger partial charge in [0.15, 0.2) is 0 Å². The normalized spacial score (nSPS) is 26.4. The monoisotopic (exact) mass is 422 g/mol. The lowest BCUT2D eigenvalue weighted by Gasteiger charge is -2.30. The Morgan fingerprint density at radius 1 is 1.17 bits per heavy atom. The molecule has 2 atom stereocenters. The maximum Gasteiger partial charge on any atom is 0.228 e. The lowest BCUT2D eigenvalue weighted by molar-refractivity contribution is -0.135. The van der Waals surface area contributed by atoms with Crippen LogP contribution in [-0.2, 0) is 16.0 Å². The van der Waals surface area contributed by atoms with Crippen molar-refractivity contribution < 1.29 is 9.59 Å². The molecule has 3 aliphatic rings. The number of rotatable bonds is 6. The van der Waals surface area contributed by atoms with Crippen molar-refractivity contribution in [2.24, 2.45) is 16.7 Å². The lowest BCUT2D eigenvalue weighted by Crippen LogP contribution is -2.45. The van der Waals surface area contributed by atoms with Gasteiger partial charge in [0.05, 0.1) is 5.41 Å². The lowest BCUT2D eigenvalue weighted by atomic mass is 9.79. The molecule has 158 valence electrons. The molecule has 2 saturated carbocycles. The maximum atomic E-state index is 13.1. The largest absolute Gasteiger partial charge is 0.356 e. The van der Waals surface area contributed by atoms with Crippen molar-refractivity contribution in [3.63, 3.8) is 0 Å². The zero-order valence-corrected chi connectivity index (χ0v) is 18.5. The summed E-state index contributed by atoms with van der Waals surface area (Å²) in [4.78, 5) is 29.5. The second-order valence-electron chi connectivity index (χ2n) is 9.47.